The van der Waals surface area contributed by atoms with Crippen LogP contribution in [0.5, 0.6) is 5.75 Å². The van der Waals surface area contributed by atoms with E-state index in [-0.39, 0.29) is 18.5 Å². The molecule has 1 heterocycles. The third kappa shape index (κ3) is 4.68. The Balaban J connectivity index is 2.13. The first kappa shape index (κ1) is 16.2. The van der Waals surface area contributed by atoms with Crippen LogP contribution < -0.4 is 10.1 Å². The predicted molar refractivity (Wildman–Crippen MR) is 82.3 cm³/mol. The van der Waals surface area contributed by atoms with Gasteiger partial charge in [-0.05, 0) is 69.3 Å². The fraction of sp³-hybridized carbons (Fsp3) is 0.647. The van der Waals surface area contributed by atoms with Gasteiger partial charge in [0, 0.05) is 12.2 Å². The number of halogens is 1. The normalized spacial score (nSPS) is 17.7. The fourth-order valence-corrected chi connectivity index (χ4v) is 2.92. The van der Waals surface area contributed by atoms with E-state index in [1.807, 2.05) is 0 Å². The molecule has 1 unspecified atom stereocenters. The monoisotopic (exact) mass is 295 g/mol. The third-order valence-corrected chi connectivity index (χ3v) is 4.18. The van der Waals surface area contributed by atoms with Crippen molar-refractivity contribution in [3.05, 3.63) is 29.6 Å². The van der Waals surface area contributed by atoms with E-state index in [0.29, 0.717) is 5.92 Å². The van der Waals surface area contributed by atoms with E-state index in [2.05, 4.69) is 12.2 Å². The average Bonchev–Trinajstić information content (AvgIpc) is 2.53. The highest BCUT2D eigenvalue weighted by Crippen LogP contribution is 2.34. The Morgan fingerprint density at radius 2 is 2.14 bits per heavy atom. The van der Waals surface area contributed by atoms with Gasteiger partial charge in [0.2, 0.25) is 0 Å². The van der Waals surface area contributed by atoms with E-state index in [1.54, 1.807) is 12.1 Å². The number of ether oxygens (including phenoxy) is 1. The van der Waals surface area contributed by atoms with E-state index in [9.17, 15) is 4.39 Å². The molecule has 2 rings (SSSR count). The summed E-state index contributed by atoms with van der Waals surface area (Å²) in [7, 11) is 0. The maximum atomic E-state index is 13.6. The van der Waals surface area contributed by atoms with Crippen molar-refractivity contribution in [1.29, 1.82) is 0 Å². The van der Waals surface area contributed by atoms with Crippen molar-refractivity contribution >= 4 is 0 Å². The summed E-state index contributed by atoms with van der Waals surface area (Å²) in [5.41, 5.74) is 0.999. The largest absolute Gasteiger partial charge is 0.490 e. The summed E-state index contributed by atoms with van der Waals surface area (Å²) in [6.45, 7) is 4.21. The van der Waals surface area contributed by atoms with Crippen molar-refractivity contribution < 1.29 is 14.2 Å². The zero-order chi connectivity index (χ0) is 15.1. The summed E-state index contributed by atoms with van der Waals surface area (Å²) in [5.74, 6) is 0.986. The molecule has 0 aliphatic carbocycles. The second-order valence-electron chi connectivity index (χ2n) is 5.72. The van der Waals surface area contributed by atoms with Gasteiger partial charge in [0.1, 0.15) is 11.6 Å². The molecule has 0 saturated carbocycles. The standard InChI is InChI=1S/C17H26FNO2/c1-2-15(4-3-11-20)21-17-6-5-14(18)12-16(17)13-7-9-19-10-8-13/h5-6,12-13,15,19-20H,2-4,7-11H2,1H3. The first-order valence-electron chi connectivity index (χ1n) is 8.02. The van der Waals surface area contributed by atoms with Crippen LogP contribution in [0.1, 0.15) is 50.5 Å². The Kier molecular flexibility index (Phi) is 6.46. The Hall–Kier alpha value is -1.13. The van der Waals surface area contributed by atoms with Crippen LogP contribution in [0.2, 0.25) is 0 Å². The molecule has 0 spiro atoms. The van der Waals surface area contributed by atoms with Crippen LogP contribution in [0.4, 0.5) is 4.39 Å². The molecule has 1 saturated heterocycles. The molecule has 1 aromatic rings. The topological polar surface area (TPSA) is 41.5 Å². The second kappa shape index (κ2) is 8.35. The molecule has 118 valence electrons. The van der Waals surface area contributed by atoms with E-state index in [0.717, 1.165) is 56.5 Å². The highest BCUT2D eigenvalue weighted by atomic mass is 19.1. The van der Waals surface area contributed by atoms with Gasteiger partial charge in [-0.25, -0.2) is 4.39 Å². The molecule has 1 aliphatic heterocycles. The van der Waals surface area contributed by atoms with Crippen molar-refractivity contribution in [2.75, 3.05) is 19.7 Å². The lowest BCUT2D eigenvalue weighted by atomic mass is 9.89. The van der Waals surface area contributed by atoms with Gasteiger partial charge in [-0.15, -0.1) is 0 Å². The molecular formula is C17H26FNO2. The van der Waals surface area contributed by atoms with Gasteiger partial charge in [-0.2, -0.15) is 0 Å². The number of rotatable bonds is 7. The Labute approximate surface area is 126 Å². The zero-order valence-electron chi connectivity index (χ0n) is 12.8. The first-order chi connectivity index (χ1) is 10.2. The SMILES string of the molecule is CCC(CCCO)Oc1ccc(F)cc1C1CCNCC1. The number of nitrogens with one attached hydrogen (secondary N) is 1. The highest BCUT2D eigenvalue weighted by molar-refractivity contribution is 5.37. The quantitative estimate of drug-likeness (QED) is 0.811. The van der Waals surface area contributed by atoms with Gasteiger partial charge >= 0.3 is 0 Å². The lowest BCUT2D eigenvalue weighted by molar-refractivity contribution is 0.166. The summed E-state index contributed by atoms with van der Waals surface area (Å²) in [6, 6.07) is 4.86. The average molecular weight is 295 g/mol. The van der Waals surface area contributed by atoms with E-state index in [4.69, 9.17) is 9.84 Å². The van der Waals surface area contributed by atoms with Crippen LogP contribution in [-0.2, 0) is 0 Å². The van der Waals surface area contributed by atoms with Crippen molar-refractivity contribution in [1.82, 2.24) is 5.32 Å². The lowest BCUT2D eigenvalue weighted by Gasteiger charge is -2.27. The van der Waals surface area contributed by atoms with Gasteiger partial charge in [0.05, 0.1) is 6.10 Å². The minimum Gasteiger partial charge on any atom is -0.490 e. The van der Waals surface area contributed by atoms with E-state index < -0.39 is 0 Å². The number of benzene rings is 1. The molecule has 1 aromatic carbocycles. The van der Waals surface area contributed by atoms with Crippen molar-refractivity contribution in [2.24, 2.45) is 0 Å². The van der Waals surface area contributed by atoms with Gasteiger partial charge < -0.3 is 15.2 Å². The third-order valence-electron chi connectivity index (χ3n) is 4.18. The minimum absolute atomic E-state index is 0.0862. The second-order valence-corrected chi connectivity index (χ2v) is 5.72. The molecule has 0 aromatic heterocycles. The summed E-state index contributed by atoms with van der Waals surface area (Å²) >= 11 is 0. The molecule has 2 N–H and O–H groups in total. The van der Waals surface area contributed by atoms with Crippen LogP contribution in [0.3, 0.4) is 0 Å². The Morgan fingerprint density at radius 3 is 2.81 bits per heavy atom. The maximum absolute atomic E-state index is 13.6. The summed E-state index contributed by atoms with van der Waals surface area (Å²) in [5, 5.41) is 12.3. The first-order valence-corrected chi connectivity index (χ1v) is 8.02. The van der Waals surface area contributed by atoms with Gasteiger partial charge in [-0.1, -0.05) is 6.92 Å². The summed E-state index contributed by atoms with van der Waals surface area (Å²) in [6.07, 6.45) is 4.59. The molecule has 4 heteroatoms. The van der Waals surface area contributed by atoms with Crippen molar-refractivity contribution in [3.8, 4) is 5.75 Å². The van der Waals surface area contributed by atoms with Crippen molar-refractivity contribution in [2.45, 2.75) is 51.0 Å². The molecule has 1 aliphatic rings. The van der Waals surface area contributed by atoms with Crippen LogP contribution in [-0.4, -0.2) is 30.9 Å². The Bertz CT molecular complexity index is 433. The smallest absolute Gasteiger partial charge is 0.123 e. The molecule has 3 nitrogen and oxygen atoms in total. The Morgan fingerprint density at radius 1 is 1.38 bits per heavy atom. The van der Waals surface area contributed by atoms with Crippen LogP contribution in [0, 0.1) is 5.82 Å². The van der Waals surface area contributed by atoms with E-state index >= 15 is 0 Å². The summed E-state index contributed by atoms with van der Waals surface area (Å²) in [4.78, 5) is 0. The van der Waals surface area contributed by atoms with E-state index in [1.165, 1.54) is 6.07 Å². The van der Waals surface area contributed by atoms with Crippen LogP contribution in [0.15, 0.2) is 18.2 Å². The number of aliphatic hydroxyl groups is 1. The van der Waals surface area contributed by atoms with Crippen LogP contribution in [0.25, 0.3) is 0 Å². The fourth-order valence-electron chi connectivity index (χ4n) is 2.92. The molecular weight excluding hydrogens is 269 g/mol. The molecule has 0 bridgehead atoms. The molecule has 1 atom stereocenters. The summed E-state index contributed by atoms with van der Waals surface area (Å²) < 4.78 is 19.7. The molecule has 1 fully saturated rings. The molecule has 0 amide bonds. The lowest BCUT2D eigenvalue weighted by Crippen LogP contribution is -2.27. The predicted octanol–water partition coefficient (Wildman–Crippen LogP) is 3.22. The number of hydrogen-bond acceptors (Lipinski definition) is 3. The van der Waals surface area contributed by atoms with Gasteiger partial charge in [-0.3, -0.25) is 0 Å². The van der Waals surface area contributed by atoms with Crippen molar-refractivity contribution in [3.63, 3.8) is 0 Å². The minimum atomic E-state index is -0.195. The maximum Gasteiger partial charge on any atom is 0.123 e. The van der Waals surface area contributed by atoms with Gasteiger partial charge in [0.25, 0.3) is 0 Å². The van der Waals surface area contributed by atoms with Crippen LogP contribution >= 0.6 is 0 Å². The molecule has 21 heavy (non-hydrogen) atoms. The zero-order valence-corrected chi connectivity index (χ0v) is 12.8. The number of hydrogen-bond donors (Lipinski definition) is 2. The number of aliphatic hydroxyl groups excluding tert-OH is 1. The number of piperidine rings is 1. The molecule has 0 radical (unpaired) electrons. The van der Waals surface area contributed by atoms with Gasteiger partial charge in [0.15, 0.2) is 0 Å². The highest BCUT2D eigenvalue weighted by Gasteiger charge is 2.21.